The molecule has 0 aromatic heterocycles. The maximum absolute atomic E-state index is 12.9. The van der Waals surface area contributed by atoms with Gasteiger partial charge in [-0.25, -0.2) is 0 Å². The molecule has 2 saturated heterocycles. The van der Waals surface area contributed by atoms with E-state index in [1.165, 1.54) is 12.0 Å². The van der Waals surface area contributed by atoms with Crippen LogP contribution in [0.5, 0.6) is 11.5 Å². The molecule has 0 bridgehead atoms. The minimum Gasteiger partial charge on any atom is -0.497 e. The van der Waals surface area contributed by atoms with Crippen molar-refractivity contribution in [2.75, 3.05) is 25.7 Å². The molecular weight excluding hydrogens is 400 g/mol. The Bertz CT molecular complexity index is 831. The van der Waals surface area contributed by atoms with E-state index < -0.39 is 18.0 Å². The Labute approximate surface area is 183 Å². The summed E-state index contributed by atoms with van der Waals surface area (Å²) in [4.78, 5) is 41.6. The number of piperidine rings is 1. The van der Waals surface area contributed by atoms with Gasteiger partial charge in [0.1, 0.15) is 11.5 Å². The molecule has 1 aromatic carbocycles. The lowest BCUT2D eigenvalue weighted by Crippen LogP contribution is -2.51. The number of hydrogen-bond donors (Lipinski definition) is 0. The number of carbonyl (C=O) groups excluding carboxylic acids is 3. The van der Waals surface area contributed by atoms with E-state index in [4.69, 9.17) is 14.2 Å². The van der Waals surface area contributed by atoms with Crippen molar-refractivity contribution in [1.82, 2.24) is 4.90 Å². The van der Waals surface area contributed by atoms with Crippen molar-refractivity contribution in [2.24, 2.45) is 5.92 Å². The number of likely N-dealkylation sites (tertiary alicyclic amines) is 1. The molecule has 31 heavy (non-hydrogen) atoms. The fourth-order valence-corrected chi connectivity index (χ4v) is 4.49. The van der Waals surface area contributed by atoms with Gasteiger partial charge >= 0.3 is 5.97 Å². The van der Waals surface area contributed by atoms with Crippen LogP contribution in [0.1, 0.15) is 46.5 Å². The molecule has 4 atom stereocenters. The quantitative estimate of drug-likeness (QED) is 0.643. The Morgan fingerprint density at radius 1 is 1.10 bits per heavy atom. The van der Waals surface area contributed by atoms with Gasteiger partial charge in [-0.15, -0.1) is 0 Å². The second kappa shape index (κ2) is 9.58. The van der Waals surface area contributed by atoms with Crippen LogP contribution in [0.3, 0.4) is 0 Å². The first-order chi connectivity index (χ1) is 14.8. The summed E-state index contributed by atoms with van der Waals surface area (Å²) in [6.07, 6.45) is 2.15. The molecule has 2 amide bonds. The molecule has 0 radical (unpaired) electrons. The number of esters is 1. The van der Waals surface area contributed by atoms with Gasteiger partial charge in [-0.1, -0.05) is 0 Å². The van der Waals surface area contributed by atoms with Crippen molar-refractivity contribution in [3.63, 3.8) is 0 Å². The van der Waals surface area contributed by atoms with Crippen LogP contribution in [0, 0.1) is 5.92 Å². The minimum atomic E-state index is -0.879. The number of hydrogen-bond acceptors (Lipinski definition) is 6. The molecule has 3 rings (SSSR count). The first-order valence-corrected chi connectivity index (χ1v) is 10.8. The average Bonchev–Trinajstić information content (AvgIpc) is 3.14. The molecule has 2 aliphatic heterocycles. The van der Waals surface area contributed by atoms with E-state index in [1.54, 1.807) is 32.2 Å². The van der Waals surface area contributed by atoms with Crippen LogP contribution in [0.25, 0.3) is 0 Å². The van der Waals surface area contributed by atoms with Crippen LogP contribution < -0.4 is 14.4 Å². The predicted octanol–water partition coefficient (Wildman–Crippen LogP) is 2.78. The molecule has 170 valence electrons. The van der Waals surface area contributed by atoms with Gasteiger partial charge in [0.25, 0.3) is 5.91 Å². The van der Waals surface area contributed by atoms with Gasteiger partial charge in [0.15, 0.2) is 6.10 Å². The number of benzene rings is 1. The summed E-state index contributed by atoms with van der Waals surface area (Å²) in [6, 6.07) is 5.41. The van der Waals surface area contributed by atoms with E-state index >= 15 is 0 Å². The van der Waals surface area contributed by atoms with E-state index in [2.05, 4.69) is 0 Å². The molecular formula is C23H32N2O6. The normalized spacial score (nSPS) is 24.7. The van der Waals surface area contributed by atoms with Crippen LogP contribution >= 0.6 is 0 Å². The van der Waals surface area contributed by atoms with Crippen LogP contribution in [-0.4, -0.2) is 61.6 Å². The van der Waals surface area contributed by atoms with E-state index in [1.807, 2.05) is 18.7 Å². The van der Waals surface area contributed by atoms with Crippen LogP contribution in [-0.2, 0) is 19.1 Å². The Hall–Kier alpha value is -2.77. The third kappa shape index (κ3) is 4.78. The number of amides is 2. The lowest BCUT2D eigenvalue weighted by molar-refractivity contribution is -0.164. The molecule has 0 spiro atoms. The van der Waals surface area contributed by atoms with Gasteiger partial charge in [-0.3, -0.25) is 14.4 Å². The van der Waals surface area contributed by atoms with Crippen LogP contribution in [0.15, 0.2) is 18.2 Å². The van der Waals surface area contributed by atoms with Crippen molar-refractivity contribution < 1.29 is 28.6 Å². The summed E-state index contributed by atoms with van der Waals surface area (Å²) >= 11 is 0. The average molecular weight is 433 g/mol. The largest absolute Gasteiger partial charge is 0.497 e. The number of anilines is 1. The number of ether oxygens (including phenoxy) is 3. The fourth-order valence-electron chi connectivity index (χ4n) is 4.49. The van der Waals surface area contributed by atoms with E-state index in [0.717, 1.165) is 19.3 Å². The van der Waals surface area contributed by atoms with Gasteiger partial charge in [0.05, 0.1) is 25.8 Å². The molecule has 0 unspecified atom stereocenters. The highest BCUT2D eigenvalue weighted by Crippen LogP contribution is 2.36. The monoisotopic (exact) mass is 432 g/mol. The van der Waals surface area contributed by atoms with Gasteiger partial charge in [-0.2, -0.15) is 0 Å². The van der Waals surface area contributed by atoms with Crippen molar-refractivity contribution in [2.45, 2.75) is 64.6 Å². The Balaban J connectivity index is 1.66. The molecule has 0 saturated carbocycles. The smallest absolute Gasteiger partial charge is 0.312 e. The van der Waals surface area contributed by atoms with Crippen molar-refractivity contribution in [3.8, 4) is 11.5 Å². The zero-order chi connectivity index (χ0) is 22.7. The summed E-state index contributed by atoms with van der Waals surface area (Å²) in [5.74, 6) is -0.434. The molecule has 8 heteroatoms. The summed E-state index contributed by atoms with van der Waals surface area (Å²) < 4.78 is 16.1. The summed E-state index contributed by atoms with van der Waals surface area (Å²) in [6.45, 7) is 5.84. The molecule has 1 aromatic rings. The second-order valence-corrected chi connectivity index (χ2v) is 8.40. The van der Waals surface area contributed by atoms with Crippen molar-refractivity contribution >= 4 is 23.5 Å². The third-order valence-electron chi connectivity index (χ3n) is 6.22. The molecule has 2 heterocycles. The Morgan fingerprint density at radius 3 is 2.39 bits per heavy atom. The first-order valence-electron chi connectivity index (χ1n) is 10.8. The second-order valence-electron chi connectivity index (χ2n) is 8.40. The molecule has 0 aliphatic carbocycles. The molecule has 2 aliphatic rings. The minimum absolute atomic E-state index is 0.0332. The number of methoxy groups -OCH3 is 2. The van der Waals surface area contributed by atoms with Crippen LogP contribution in [0.2, 0.25) is 0 Å². The van der Waals surface area contributed by atoms with E-state index in [9.17, 15) is 14.4 Å². The summed E-state index contributed by atoms with van der Waals surface area (Å²) in [5, 5.41) is 0. The zero-order valence-electron chi connectivity index (χ0n) is 18.9. The van der Waals surface area contributed by atoms with Crippen LogP contribution in [0.4, 0.5) is 5.69 Å². The predicted molar refractivity (Wildman–Crippen MR) is 115 cm³/mol. The van der Waals surface area contributed by atoms with Gasteiger partial charge in [0, 0.05) is 31.1 Å². The maximum Gasteiger partial charge on any atom is 0.312 e. The zero-order valence-corrected chi connectivity index (χ0v) is 18.9. The van der Waals surface area contributed by atoms with E-state index in [-0.39, 0.29) is 36.9 Å². The molecule has 8 nitrogen and oxygen atoms in total. The van der Waals surface area contributed by atoms with E-state index in [0.29, 0.717) is 17.2 Å². The van der Waals surface area contributed by atoms with Gasteiger partial charge < -0.3 is 24.0 Å². The highest BCUT2D eigenvalue weighted by molar-refractivity contribution is 6.01. The van der Waals surface area contributed by atoms with Gasteiger partial charge in [-0.05, 0) is 52.2 Å². The highest BCUT2D eigenvalue weighted by Gasteiger charge is 2.39. The fraction of sp³-hybridized carbons (Fsp3) is 0.609. The lowest BCUT2D eigenvalue weighted by Gasteiger charge is -2.40. The van der Waals surface area contributed by atoms with Crippen molar-refractivity contribution in [3.05, 3.63) is 18.2 Å². The highest BCUT2D eigenvalue weighted by atomic mass is 16.5. The summed E-state index contributed by atoms with van der Waals surface area (Å²) in [7, 11) is 3.07. The van der Waals surface area contributed by atoms with Gasteiger partial charge in [0.2, 0.25) is 5.91 Å². The number of carbonyl (C=O) groups is 3. The Kier molecular flexibility index (Phi) is 7.08. The SMILES string of the molecule is COc1ccc(N2C[C@@H](C(=O)O[C@H](C)C(=O)N3[C@@H](C)CCC[C@@H]3C)CC2=O)c(OC)c1. The maximum atomic E-state index is 12.9. The number of rotatable bonds is 6. The lowest BCUT2D eigenvalue weighted by atomic mass is 9.97. The van der Waals surface area contributed by atoms with Crippen molar-refractivity contribution in [1.29, 1.82) is 0 Å². The molecule has 0 N–H and O–H groups in total. The third-order valence-corrected chi connectivity index (χ3v) is 6.22. The topological polar surface area (TPSA) is 85.4 Å². The standard InChI is InChI=1S/C23H32N2O6/c1-14-7-6-8-15(2)25(14)22(27)16(3)31-23(28)17-11-21(26)24(13-17)19-10-9-18(29-4)12-20(19)30-5/h9-10,12,14-17H,6-8,11,13H2,1-5H3/t14-,15-,16+,17-/m0/s1. The molecule has 2 fully saturated rings. The Morgan fingerprint density at radius 2 is 1.77 bits per heavy atom. The first kappa shape index (κ1) is 22.9. The summed E-state index contributed by atoms with van der Waals surface area (Å²) in [5.41, 5.74) is 0.573. The number of nitrogens with zero attached hydrogens (tertiary/aromatic N) is 2.